The number of carboxylic acids is 1. The number of nitrogens with one attached hydrogen (secondary N) is 2. The third-order valence-electron chi connectivity index (χ3n) is 3.95. The molecule has 21 heavy (non-hydrogen) atoms. The second-order valence-electron chi connectivity index (χ2n) is 6.09. The highest BCUT2D eigenvalue weighted by Gasteiger charge is 2.23. The van der Waals surface area contributed by atoms with E-state index in [-0.39, 0.29) is 18.4 Å². The van der Waals surface area contributed by atoms with Crippen LogP contribution in [0, 0.1) is 11.8 Å². The maximum Gasteiger partial charge on any atom is 0.326 e. The smallest absolute Gasteiger partial charge is 0.326 e. The van der Waals surface area contributed by atoms with Crippen molar-refractivity contribution in [3.05, 3.63) is 0 Å². The average molecular weight is 298 g/mol. The zero-order valence-electron chi connectivity index (χ0n) is 12.9. The molecule has 0 saturated heterocycles. The van der Waals surface area contributed by atoms with Crippen LogP contribution < -0.4 is 10.6 Å². The minimum Gasteiger partial charge on any atom is -0.480 e. The van der Waals surface area contributed by atoms with Crippen LogP contribution in [-0.2, 0) is 14.4 Å². The van der Waals surface area contributed by atoms with E-state index in [2.05, 4.69) is 10.6 Å². The van der Waals surface area contributed by atoms with E-state index < -0.39 is 17.9 Å². The summed E-state index contributed by atoms with van der Waals surface area (Å²) in [6, 6.07) is -0.923. The standard InChI is InChI=1S/C15H26N2O4/c1-10(2)14(15(20)21)17-13(19)9-16-12(18)8-7-11-5-3-4-6-11/h10-11,14H,3-9H2,1-2H3,(H,16,18)(H,17,19)(H,20,21)/t14-/m1/s1. The molecule has 0 aromatic carbocycles. The Kier molecular flexibility index (Phi) is 7.19. The zero-order valence-corrected chi connectivity index (χ0v) is 12.9. The maximum absolute atomic E-state index is 11.7. The number of carbonyl (C=O) groups excluding carboxylic acids is 2. The Hall–Kier alpha value is -1.59. The molecule has 0 unspecified atom stereocenters. The summed E-state index contributed by atoms with van der Waals surface area (Å²) in [4.78, 5) is 34.3. The van der Waals surface area contributed by atoms with Gasteiger partial charge in [0.1, 0.15) is 6.04 Å². The van der Waals surface area contributed by atoms with Gasteiger partial charge in [0.15, 0.2) is 0 Å². The normalized spacial score (nSPS) is 16.7. The molecule has 0 bridgehead atoms. The lowest BCUT2D eigenvalue weighted by Crippen LogP contribution is -2.48. The zero-order chi connectivity index (χ0) is 15.8. The van der Waals surface area contributed by atoms with Crippen LogP contribution in [0.3, 0.4) is 0 Å². The van der Waals surface area contributed by atoms with Gasteiger partial charge in [0.25, 0.3) is 0 Å². The number of hydrogen-bond donors (Lipinski definition) is 3. The number of carboxylic acid groups (broad SMARTS) is 1. The predicted molar refractivity (Wildman–Crippen MR) is 78.6 cm³/mol. The van der Waals surface area contributed by atoms with Crippen molar-refractivity contribution in [2.75, 3.05) is 6.54 Å². The van der Waals surface area contributed by atoms with Crippen LogP contribution in [0.2, 0.25) is 0 Å². The Bertz CT molecular complexity index is 376. The van der Waals surface area contributed by atoms with Gasteiger partial charge in [0.05, 0.1) is 6.54 Å². The van der Waals surface area contributed by atoms with Gasteiger partial charge in [-0.25, -0.2) is 4.79 Å². The van der Waals surface area contributed by atoms with Crippen LogP contribution in [0.5, 0.6) is 0 Å². The fourth-order valence-corrected chi connectivity index (χ4v) is 2.64. The number of rotatable bonds is 8. The summed E-state index contributed by atoms with van der Waals surface area (Å²) in [6.45, 7) is 3.28. The number of amides is 2. The number of hydrogen-bond acceptors (Lipinski definition) is 3. The summed E-state index contributed by atoms with van der Waals surface area (Å²) in [6.07, 6.45) is 6.20. The Morgan fingerprint density at radius 1 is 1.14 bits per heavy atom. The third kappa shape index (κ3) is 6.60. The topological polar surface area (TPSA) is 95.5 Å². The van der Waals surface area contributed by atoms with Crippen molar-refractivity contribution in [2.24, 2.45) is 11.8 Å². The van der Waals surface area contributed by atoms with Crippen molar-refractivity contribution in [3.63, 3.8) is 0 Å². The summed E-state index contributed by atoms with van der Waals surface area (Å²) in [5.74, 6) is -1.24. The van der Waals surface area contributed by atoms with E-state index in [9.17, 15) is 14.4 Å². The number of carbonyl (C=O) groups is 3. The molecule has 6 nitrogen and oxygen atoms in total. The Morgan fingerprint density at radius 2 is 1.76 bits per heavy atom. The highest BCUT2D eigenvalue weighted by molar-refractivity contribution is 5.87. The van der Waals surface area contributed by atoms with Gasteiger partial charge >= 0.3 is 5.97 Å². The summed E-state index contributed by atoms with van der Waals surface area (Å²) in [5, 5.41) is 13.9. The van der Waals surface area contributed by atoms with E-state index in [4.69, 9.17) is 5.11 Å². The van der Waals surface area contributed by atoms with Crippen molar-refractivity contribution in [1.29, 1.82) is 0 Å². The van der Waals surface area contributed by atoms with Crippen molar-refractivity contribution in [1.82, 2.24) is 10.6 Å². The van der Waals surface area contributed by atoms with Gasteiger partial charge in [-0.1, -0.05) is 39.5 Å². The minimum absolute atomic E-state index is 0.145. The van der Waals surface area contributed by atoms with E-state index >= 15 is 0 Å². The Balaban J connectivity index is 2.21. The monoisotopic (exact) mass is 298 g/mol. The van der Waals surface area contributed by atoms with Crippen LogP contribution >= 0.6 is 0 Å². The van der Waals surface area contributed by atoms with Gasteiger partial charge in [0.2, 0.25) is 11.8 Å². The lowest BCUT2D eigenvalue weighted by Gasteiger charge is -2.18. The van der Waals surface area contributed by atoms with Crippen LogP contribution in [0.1, 0.15) is 52.4 Å². The van der Waals surface area contributed by atoms with Crippen LogP contribution in [0.15, 0.2) is 0 Å². The summed E-state index contributed by atoms with van der Waals surface area (Å²) < 4.78 is 0. The van der Waals surface area contributed by atoms with E-state index in [0.29, 0.717) is 12.3 Å². The molecular weight excluding hydrogens is 272 g/mol. The van der Waals surface area contributed by atoms with E-state index in [0.717, 1.165) is 6.42 Å². The Morgan fingerprint density at radius 3 is 2.29 bits per heavy atom. The van der Waals surface area contributed by atoms with Gasteiger partial charge < -0.3 is 15.7 Å². The first kappa shape index (κ1) is 17.5. The molecule has 2 amide bonds. The van der Waals surface area contributed by atoms with Gasteiger partial charge in [0, 0.05) is 6.42 Å². The second kappa shape index (κ2) is 8.64. The number of aliphatic carboxylic acids is 1. The predicted octanol–water partition coefficient (Wildman–Crippen LogP) is 1.30. The van der Waals surface area contributed by atoms with E-state index in [1.54, 1.807) is 13.8 Å². The molecule has 1 fully saturated rings. The molecule has 0 aliphatic heterocycles. The molecule has 1 aliphatic rings. The molecule has 1 rings (SSSR count). The molecule has 3 N–H and O–H groups in total. The molecule has 0 heterocycles. The Labute approximate surface area is 125 Å². The van der Waals surface area contributed by atoms with E-state index in [1.165, 1.54) is 25.7 Å². The molecule has 0 aromatic heterocycles. The molecule has 0 spiro atoms. The molecule has 1 aliphatic carbocycles. The van der Waals surface area contributed by atoms with Gasteiger partial charge in [-0.2, -0.15) is 0 Å². The van der Waals surface area contributed by atoms with Gasteiger partial charge in [-0.05, 0) is 18.3 Å². The summed E-state index contributed by atoms with van der Waals surface area (Å²) in [7, 11) is 0. The summed E-state index contributed by atoms with van der Waals surface area (Å²) in [5.41, 5.74) is 0. The first-order chi connectivity index (χ1) is 9.90. The molecular formula is C15H26N2O4. The highest BCUT2D eigenvalue weighted by atomic mass is 16.4. The molecule has 1 atom stereocenters. The quantitative estimate of drug-likeness (QED) is 0.629. The van der Waals surface area contributed by atoms with Crippen LogP contribution in [-0.4, -0.2) is 35.5 Å². The maximum atomic E-state index is 11.7. The third-order valence-corrected chi connectivity index (χ3v) is 3.95. The molecule has 0 radical (unpaired) electrons. The largest absolute Gasteiger partial charge is 0.480 e. The minimum atomic E-state index is -1.06. The van der Waals surface area contributed by atoms with Crippen LogP contribution in [0.25, 0.3) is 0 Å². The first-order valence-corrected chi connectivity index (χ1v) is 7.69. The highest BCUT2D eigenvalue weighted by Crippen LogP contribution is 2.28. The van der Waals surface area contributed by atoms with Crippen LogP contribution in [0.4, 0.5) is 0 Å². The fourth-order valence-electron chi connectivity index (χ4n) is 2.64. The lowest BCUT2D eigenvalue weighted by molar-refractivity contribution is -0.143. The molecule has 6 heteroatoms. The van der Waals surface area contributed by atoms with Crippen molar-refractivity contribution >= 4 is 17.8 Å². The van der Waals surface area contributed by atoms with E-state index in [1.807, 2.05) is 0 Å². The fraction of sp³-hybridized carbons (Fsp3) is 0.800. The average Bonchev–Trinajstić information content (AvgIpc) is 2.92. The van der Waals surface area contributed by atoms with Crippen molar-refractivity contribution in [2.45, 2.75) is 58.4 Å². The van der Waals surface area contributed by atoms with Gasteiger partial charge in [-0.3, -0.25) is 9.59 Å². The lowest BCUT2D eigenvalue weighted by atomic mass is 10.0. The summed E-state index contributed by atoms with van der Waals surface area (Å²) >= 11 is 0. The van der Waals surface area contributed by atoms with Crippen molar-refractivity contribution < 1.29 is 19.5 Å². The van der Waals surface area contributed by atoms with Gasteiger partial charge in [-0.15, -0.1) is 0 Å². The second-order valence-corrected chi connectivity index (χ2v) is 6.09. The van der Waals surface area contributed by atoms with Crippen molar-refractivity contribution in [3.8, 4) is 0 Å². The SMILES string of the molecule is CC(C)[C@@H](NC(=O)CNC(=O)CCC1CCCC1)C(=O)O. The molecule has 0 aromatic rings. The first-order valence-electron chi connectivity index (χ1n) is 7.69. The molecule has 120 valence electrons. The molecule has 1 saturated carbocycles.